The molecule has 0 aliphatic heterocycles. The first kappa shape index (κ1) is 23.1. The summed E-state index contributed by atoms with van der Waals surface area (Å²) in [5.41, 5.74) is 2.34. The maximum atomic E-state index is 13.6. The van der Waals surface area contributed by atoms with E-state index in [9.17, 15) is 9.59 Å². The first-order valence-electron chi connectivity index (χ1n) is 9.86. The molecule has 0 heterocycles. The molecule has 0 unspecified atom stereocenters. The lowest BCUT2D eigenvalue weighted by molar-refractivity contribution is -0.133. The number of hydrogen-bond donors (Lipinski definition) is 0. The van der Waals surface area contributed by atoms with Gasteiger partial charge in [-0.05, 0) is 59.7 Å². The lowest BCUT2D eigenvalue weighted by Gasteiger charge is -2.15. The summed E-state index contributed by atoms with van der Waals surface area (Å²) in [6, 6.07) is 20.8. The van der Waals surface area contributed by atoms with Crippen LogP contribution in [0.25, 0.3) is 5.57 Å². The Labute approximate surface area is 192 Å². The van der Waals surface area contributed by atoms with Crippen molar-refractivity contribution in [1.82, 2.24) is 0 Å². The molecule has 5 nitrogen and oxygen atoms in total. The summed E-state index contributed by atoms with van der Waals surface area (Å²) in [4.78, 5) is 26.5. The third-order valence-electron chi connectivity index (χ3n) is 4.99. The molecule has 6 heteroatoms. The number of carbonyl (C=O) groups is 2. The van der Waals surface area contributed by atoms with Gasteiger partial charge in [0.05, 0.1) is 26.9 Å². The maximum Gasteiger partial charge on any atom is 0.338 e. The second-order valence-corrected chi connectivity index (χ2v) is 7.37. The first-order chi connectivity index (χ1) is 15.5. The Kier molecular flexibility index (Phi) is 7.68. The molecule has 32 heavy (non-hydrogen) atoms. The van der Waals surface area contributed by atoms with Crippen LogP contribution in [0.5, 0.6) is 11.5 Å². The van der Waals surface area contributed by atoms with Crippen molar-refractivity contribution in [2.75, 3.05) is 21.3 Å². The molecule has 0 atom stereocenters. The number of allylic oxidation sites excluding steroid dienone is 1. The highest BCUT2D eigenvalue weighted by molar-refractivity contribution is 6.31. The van der Waals surface area contributed by atoms with E-state index in [0.29, 0.717) is 33.2 Å². The number of methoxy groups -OCH3 is 3. The third-order valence-corrected chi connectivity index (χ3v) is 5.24. The smallest absolute Gasteiger partial charge is 0.338 e. The summed E-state index contributed by atoms with van der Waals surface area (Å²) >= 11 is 6.03. The largest absolute Gasteiger partial charge is 0.497 e. The molecule has 0 amide bonds. The molecule has 164 valence electrons. The van der Waals surface area contributed by atoms with Gasteiger partial charge in [0.2, 0.25) is 0 Å². The van der Waals surface area contributed by atoms with Crippen molar-refractivity contribution in [3.63, 3.8) is 0 Å². The Bertz CT molecular complexity index is 1110. The van der Waals surface area contributed by atoms with Crippen LogP contribution in [-0.4, -0.2) is 33.1 Å². The van der Waals surface area contributed by atoms with Gasteiger partial charge in [-0.1, -0.05) is 35.9 Å². The molecule has 0 radical (unpaired) electrons. The number of ether oxygens (including phenoxy) is 3. The van der Waals surface area contributed by atoms with Crippen LogP contribution >= 0.6 is 11.6 Å². The maximum absolute atomic E-state index is 13.6. The molecular weight excluding hydrogens is 428 g/mol. The molecule has 0 aliphatic carbocycles. The number of ketones is 1. The van der Waals surface area contributed by atoms with Gasteiger partial charge in [0.15, 0.2) is 5.78 Å². The lowest BCUT2D eigenvalue weighted by Crippen LogP contribution is -2.15. The standard InChI is InChI=1S/C26H23ClO5/c1-30-21-12-4-17(5-13-21)16-23(25(28)19-8-14-22(31-2)15-9-19)24(26(29)32-3)18-6-10-20(27)11-7-18/h4-15H,16H2,1-3H3/b24-23-. The average Bonchev–Trinajstić information content (AvgIpc) is 2.84. The molecular formula is C26H23ClO5. The number of esters is 1. The summed E-state index contributed by atoms with van der Waals surface area (Å²) in [6.45, 7) is 0. The van der Waals surface area contributed by atoms with E-state index in [1.54, 1.807) is 62.8 Å². The Morgan fingerprint density at radius 2 is 1.22 bits per heavy atom. The van der Waals surface area contributed by atoms with Gasteiger partial charge < -0.3 is 14.2 Å². The molecule has 0 fully saturated rings. The van der Waals surface area contributed by atoms with Crippen LogP contribution < -0.4 is 9.47 Å². The van der Waals surface area contributed by atoms with Crippen molar-refractivity contribution in [3.8, 4) is 11.5 Å². The van der Waals surface area contributed by atoms with E-state index in [0.717, 1.165) is 5.56 Å². The summed E-state index contributed by atoms with van der Waals surface area (Å²) in [5.74, 6) is 0.455. The molecule has 0 aromatic heterocycles. The highest BCUT2D eigenvalue weighted by Crippen LogP contribution is 2.28. The molecule has 3 aromatic carbocycles. The van der Waals surface area contributed by atoms with Crippen LogP contribution in [0.3, 0.4) is 0 Å². The summed E-state index contributed by atoms with van der Waals surface area (Å²) in [5, 5.41) is 0.524. The molecule has 0 saturated carbocycles. The van der Waals surface area contributed by atoms with Gasteiger partial charge in [-0.25, -0.2) is 4.79 Å². The fraction of sp³-hybridized carbons (Fsp3) is 0.154. The average molecular weight is 451 g/mol. The van der Waals surface area contributed by atoms with Crippen molar-refractivity contribution >= 4 is 28.9 Å². The van der Waals surface area contributed by atoms with Crippen molar-refractivity contribution in [1.29, 1.82) is 0 Å². The van der Waals surface area contributed by atoms with E-state index < -0.39 is 5.97 Å². The van der Waals surface area contributed by atoms with Crippen molar-refractivity contribution in [3.05, 3.63) is 100 Å². The zero-order valence-corrected chi connectivity index (χ0v) is 18.8. The van der Waals surface area contributed by atoms with Crippen LogP contribution in [0.1, 0.15) is 21.5 Å². The minimum atomic E-state index is -0.599. The molecule has 0 saturated heterocycles. The second-order valence-electron chi connectivity index (χ2n) is 6.93. The molecule has 0 N–H and O–H groups in total. The van der Waals surface area contributed by atoms with Gasteiger partial charge in [0.25, 0.3) is 0 Å². The monoisotopic (exact) mass is 450 g/mol. The van der Waals surface area contributed by atoms with Crippen LogP contribution in [0.15, 0.2) is 78.4 Å². The van der Waals surface area contributed by atoms with E-state index in [4.69, 9.17) is 25.8 Å². The molecule has 0 aliphatic rings. The second kappa shape index (κ2) is 10.6. The Morgan fingerprint density at radius 3 is 1.72 bits per heavy atom. The number of Topliss-reactive ketones (excluding diaryl/α,β-unsaturated/α-hetero) is 1. The third kappa shape index (κ3) is 5.37. The Morgan fingerprint density at radius 1 is 0.719 bits per heavy atom. The van der Waals surface area contributed by atoms with Crippen molar-refractivity contribution < 1.29 is 23.8 Å². The topological polar surface area (TPSA) is 61.8 Å². The van der Waals surface area contributed by atoms with Gasteiger partial charge in [-0.2, -0.15) is 0 Å². The Balaban J connectivity index is 2.17. The van der Waals surface area contributed by atoms with Crippen molar-refractivity contribution in [2.24, 2.45) is 0 Å². The van der Waals surface area contributed by atoms with E-state index in [-0.39, 0.29) is 17.8 Å². The van der Waals surface area contributed by atoms with Gasteiger partial charge >= 0.3 is 5.97 Å². The van der Waals surface area contributed by atoms with E-state index in [1.165, 1.54) is 7.11 Å². The van der Waals surface area contributed by atoms with Gasteiger partial charge in [-0.3, -0.25) is 4.79 Å². The quantitative estimate of drug-likeness (QED) is 0.261. The SMILES string of the molecule is COC(=O)/C(=C(/Cc1ccc(OC)cc1)C(=O)c1ccc(OC)cc1)c1ccc(Cl)cc1. The molecule has 3 rings (SSSR count). The van der Waals surface area contributed by atoms with Gasteiger partial charge in [-0.15, -0.1) is 0 Å². The van der Waals surface area contributed by atoms with Crippen LogP contribution in [0, 0.1) is 0 Å². The molecule has 0 spiro atoms. The first-order valence-corrected chi connectivity index (χ1v) is 10.2. The number of benzene rings is 3. The lowest BCUT2D eigenvalue weighted by atomic mass is 9.89. The highest BCUT2D eigenvalue weighted by Gasteiger charge is 2.25. The fourth-order valence-corrected chi connectivity index (χ4v) is 3.41. The van der Waals surface area contributed by atoms with Crippen LogP contribution in [0.4, 0.5) is 0 Å². The minimum Gasteiger partial charge on any atom is -0.497 e. The fourth-order valence-electron chi connectivity index (χ4n) is 3.28. The molecule has 0 bridgehead atoms. The predicted molar refractivity (Wildman–Crippen MR) is 124 cm³/mol. The minimum absolute atomic E-state index is 0.195. The predicted octanol–water partition coefficient (Wildman–Crippen LogP) is 5.41. The van der Waals surface area contributed by atoms with Gasteiger partial charge in [0, 0.05) is 22.6 Å². The summed E-state index contributed by atoms with van der Waals surface area (Å²) in [7, 11) is 4.44. The van der Waals surface area contributed by atoms with Gasteiger partial charge in [0.1, 0.15) is 11.5 Å². The van der Waals surface area contributed by atoms with Crippen LogP contribution in [0.2, 0.25) is 5.02 Å². The van der Waals surface area contributed by atoms with Crippen LogP contribution in [-0.2, 0) is 16.0 Å². The molecule has 3 aromatic rings. The zero-order chi connectivity index (χ0) is 23.1. The summed E-state index contributed by atoms with van der Waals surface area (Å²) < 4.78 is 15.5. The van der Waals surface area contributed by atoms with Crippen molar-refractivity contribution in [2.45, 2.75) is 6.42 Å². The van der Waals surface area contributed by atoms with E-state index in [2.05, 4.69) is 0 Å². The Hall–Kier alpha value is -3.57. The number of hydrogen-bond acceptors (Lipinski definition) is 5. The summed E-state index contributed by atoms with van der Waals surface area (Å²) in [6.07, 6.45) is 0.224. The van der Waals surface area contributed by atoms with E-state index in [1.807, 2.05) is 24.3 Å². The number of carbonyl (C=O) groups excluding carboxylic acids is 2. The highest BCUT2D eigenvalue weighted by atomic mass is 35.5. The normalized spacial score (nSPS) is 11.4. The number of halogens is 1. The number of rotatable bonds is 8. The zero-order valence-electron chi connectivity index (χ0n) is 18.1. The van der Waals surface area contributed by atoms with E-state index >= 15 is 0 Å².